The van der Waals surface area contributed by atoms with Crippen molar-refractivity contribution in [1.29, 1.82) is 0 Å². The van der Waals surface area contributed by atoms with Crippen molar-refractivity contribution >= 4 is 12.2 Å². The van der Waals surface area contributed by atoms with Gasteiger partial charge < -0.3 is 9.30 Å². The Morgan fingerprint density at radius 1 is 0.889 bits per heavy atom. The van der Waals surface area contributed by atoms with Crippen molar-refractivity contribution in [2.24, 2.45) is 0 Å². The van der Waals surface area contributed by atoms with Gasteiger partial charge in [-0.3, -0.25) is 0 Å². The summed E-state index contributed by atoms with van der Waals surface area (Å²) in [5, 5.41) is 0. The van der Waals surface area contributed by atoms with E-state index in [-0.39, 0.29) is 5.97 Å². The van der Waals surface area contributed by atoms with Crippen LogP contribution in [0.25, 0.3) is 6.20 Å². The first-order valence-corrected chi connectivity index (χ1v) is 10.7. The summed E-state index contributed by atoms with van der Waals surface area (Å²) in [4.78, 5) is 11.1. The highest BCUT2D eigenvalue weighted by Gasteiger charge is 2.01. The molecule has 0 aliphatic rings. The van der Waals surface area contributed by atoms with E-state index in [9.17, 15) is 4.79 Å². The average Bonchev–Trinajstić information content (AvgIpc) is 3.19. The fraction of sp³-hybridized carbons (Fsp3) is 0.625. The smallest absolute Gasteiger partial charge is 0.333 e. The minimum Gasteiger partial charge on any atom is -0.462 e. The highest BCUT2D eigenvalue weighted by Crippen LogP contribution is 2.12. The largest absolute Gasteiger partial charge is 0.462 e. The van der Waals surface area contributed by atoms with Crippen LogP contribution in [0.2, 0.25) is 0 Å². The Bertz CT molecular complexity index is 477. The van der Waals surface area contributed by atoms with Crippen LogP contribution in [0.1, 0.15) is 90.9 Å². The van der Waals surface area contributed by atoms with Crippen molar-refractivity contribution in [2.45, 2.75) is 90.9 Å². The molecule has 0 saturated carbocycles. The van der Waals surface area contributed by atoms with Gasteiger partial charge in [-0.15, -0.1) is 0 Å². The zero-order chi connectivity index (χ0) is 20.2. The molecule has 0 aliphatic carbocycles. The second-order valence-corrected chi connectivity index (χ2v) is 7.12. The Labute approximate surface area is 167 Å². The number of aromatic nitrogens is 1. The second-order valence-electron chi connectivity index (χ2n) is 7.12. The van der Waals surface area contributed by atoms with E-state index < -0.39 is 0 Å². The maximum atomic E-state index is 11.1. The fourth-order valence-corrected chi connectivity index (χ4v) is 2.70. The Morgan fingerprint density at radius 2 is 1.33 bits per heavy atom. The molecule has 0 atom stereocenters. The van der Waals surface area contributed by atoms with E-state index >= 15 is 0 Å². The van der Waals surface area contributed by atoms with E-state index in [0.717, 1.165) is 6.42 Å². The van der Waals surface area contributed by atoms with Crippen molar-refractivity contribution in [3.63, 3.8) is 0 Å². The summed E-state index contributed by atoms with van der Waals surface area (Å²) in [6.45, 7) is 11.6. The Hall–Kier alpha value is -1.77. The first kappa shape index (κ1) is 25.2. The molecular formula is C24H41NO2. The van der Waals surface area contributed by atoms with Crippen LogP contribution in [-0.4, -0.2) is 17.1 Å². The lowest BCUT2D eigenvalue weighted by Crippen LogP contribution is -2.05. The summed E-state index contributed by atoms with van der Waals surface area (Å²) in [5.74, 6) is -0.256. The third kappa shape index (κ3) is 17.4. The molecule has 0 N–H and O–H groups in total. The van der Waals surface area contributed by atoms with Gasteiger partial charge in [0, 0.05) is 24.2 Å². The summed E-state index contributed by atoms with van der Waals surface area (Å²) in [6, 6.07) is 3.92. The molecule has 0 saturated heterocycles. The molecule has 0 aromatic carbocycles. The molecule has 3 heteroatoms. The molecule has 0 amide bonds. The molecule has 1 heterocycles. The molecule has 0 fully saturated rings. The van der Waals surface area contributed by atoms with E-state index in [1.807, 2.05) is 29.1 Å². The Morgan fingerprint density at radius 3 is 1.70 bits per heavy atom. The minimum absolute atomic E-state index is 0.256. The van der Waals surface area contributed by atoms with Crippen LogP contribution in [-0.2, 0) is 9.53 Å². The number of ether oxygens (including phenoxy) is 1. The SMILES string of the molecule is C=C(C)C(=O)OCCCCCCCCCCCCCC.C=Cn1cccc1. The van der Waals surface area contributed by atoms with Crippen LogP contribution in [0.3, 0.4) is 0 Å². The number of hydrogen-bond acceptors (Lipinski definition) is 2. The maximum Gasteiger partial charge on any atom is 0.333 e. The predicted octanol–water partition coefficient (Wildman–Crippen LogP) is 7.40. The molecule has 0 spiro atoms. The summed E-state index contributed by atoms with van der Waals surface area (Å²) in [7, 11) is 0. The van der Waals surface area contributed by atoms with Crippen LogP contribution in [0, 0.1) is 0 Å². The fourth-order valence-electron chi connectivity index (χ4n) is 2.70. The van der Waals surface area contributed by atoms with Gasteiger partial charge in [0.05, 0.1) is 6.61 Å². The van der Waals surface area contributed by atoms with Gasteiger partial charge in [-0.2, -0.15) is 0 Å². The van der Waals surface area contributed by atoms with Crippen molar-refractivity contribution in [3.8, 4) is 0 Å². The van der Waals surface area contributed by atoms with Gasteiger partial charge in [0.2, 0.25) is 0 Å². The normalized spacial score (nSPS) is 10.0. The predicted molar refractivity (Wildman–Crippen MR) is 118 cm³/mol. The summed E-state index contributed by atoms with van der Waals surface area (Å²) in [5.41, 5.74) is 0.490. The van der Waals surface area contributed by atoms with Gasteiger partial charge in [0.15, 0.2) is 0 Å². The van der Waals surface area contributed by atoms with E-state index in [2.05, 4.69) is 20.1 Å². The number of carbonyl (C=O) groups excluding carboxylic acids is 1. The van der Waals surface area contributed by atoms with Crippen LogP contribution < -0.4 is 0 Å². The van der Waals surface area contributed by atoms with Crippen molar-refractivity contribution in [2.75, 3.05) is 6.61 Å². The summed E-state index contributed by atoms with van der Waals surface area (Å²) in [6.07, 6.45) is 21.5. The van der Waals surface area contributed by atoms with E-state index in [4.69, 9.17) is 4.74 Å². The van der Waals surface area contributed by atoms with Gasteiger partial charge in [-0.05, 0) is 25.5 Å². The van der Waals surface area contributed by atoms with Gasteiger partial charge in [0.1, 0.15) is 0 Å². The minimum atomic E-state index is -0.256. The first-order chi connectivity index (χ1) is 13.1. The topological polar surface area (TPSA) is 31.2 Å². The number of unbranched alkanes of at least 4 members (excludes halogenated alkanes) is 11. The molecule has 1 aromatic rings. The van der Waals surface area contributed by atoms with Crippen LogP contribution in [0.4, 0.5) is 0 Å². The van der Waals surface area contributed by atoms with Crippen LogP contribution in [0.5, 0.6) is 0 Å². The number of hydrogen-bond donors (Lipinski definition) is 0. The van der Waals surface area contributed by atoms with E-state index in [0.29, 0.717) is 12.2 Å². The molecule has 1 aromatic heterocycles. The highest BCUT2D eigenvalue weighted by atomic mass is 16.5. The molecule has 3 nitrogen and oxygen atoms in total. The maximum absolute atomic E-state index is 11.1. The molecule has 0 radical (unpaired) electrons. The highest BCUT2D eigenvalue weighted by molar-refractivity contribution is 5.86. The first-order valence-electron chi connectivity index (χ1n) is 10.7. The molecule has 27 heavy (non-hydrogen) atoms. The van der Waals surface area contributed by atoms with Crippen molar-refractivity contribution in [1.82, 2.24) is 4.57 Å². The lowest BCUT2D eigenvalue weighted by Gasteiger charge is -2.04. The second kappa shape index (κ2) is 19.0. The molecule has 0 unspecified atom stereocenters. The van der Waals surface area contributed by atoms with Crippen molar-refractivity contribution < 1.29 is 9.53 Å². The number of rotatable bonds is 15. The third-order valence-electron chi connectivity index (χ3n) is 4.42. The Balaban J connectivity index is 0.000000797. The lowest BCUT2D eigenvalue weighted by atomic mass is 10.1. The zero-order valence-corrected chi connectivity index (χ0v) is 17.8. The molecular weight excluding hydrogens is 334 g/mol. The summed E-state index contributed by atoms with van der Waals surface area (Å²) >= 11 is 0. The van der Waals surface area contributed by atoms with Gasteiger partial charge in [-0.25, -0.2) is 4.79 Å². The monoisotopic (exact) mass is 375 g/mol. The van der Waals surface area contributed by atoms with Crippen LogP contribution in [0.15, 0.2) is 43.3 Å². The summed E-state index contributed by atoms with van der Waals surface area (Å²) < 4.78 is 6.95. The van der Waals surface area contributed by atoms with Crippen molar-refractivity contribution in [3.05, 3.63) is 43.3 Å². The lowest BCUT2D eigenvalue weighted by molar-refractivity contribution is -0.139. The molecule has 154 valence electrons. The third-order valence-corrected chi connectivity index (χ3v) is 4.42. The molecule has 1 rings (SSSR count). The van der Waals surface area contributed by atoms with Gasteiger partial charge in [-0.1, -0.05) is 90.7 Å². The molecule has 0 bridgehead atoms. The van der Waals surface area contributed by atoms with Gasteiger partial charge >= 0.3 is 5.97 Å². The van der Waals surface area contributed by atoms with E-state index in [1.54, 1.807) is 13.1 Å². The number of nitrogens with zero attached hydrogens (tertiary/aromatic N) is 1. The average molecular weight is 376 g/mol. The van der Waals surface area contributed by atoms with Crippen LogP contribution >= 0.6 is 0 Å². The number of carbonyl (C=O) groups is 1. The van der Waals surface area contributed by atoms with E-state index in [1.165, 1.54) is 70.6 Å². The standard InChI is InChI=1S/C18H34O2.C6H7N/c1-4-5-6-7-8-9-10-11-12-13-14-15-16-20-18(19)17(2)3;1-2-7-5-3-4-6-7/h2,4-16H2,1,3H3;2-6H,1H2. The van der Waals surface area contributed by atoms with Gasteiger partial charge in [0.25, 0.3) is 0 Å². The quantitative estimate of drug-likeness (QED) is 0.182. The molecule has 0 aliphatic heterocycles. The number of esters is 1. The Kier molecular flexibility index (Phi) is 17.8. The zero-order valence-electron chi connectivity index (χ0n) is 17.8.